The molecule has 0 aliphatic carbocycles. The Balaban J connectivity index is 1.25. The topological polar surface area (TPSA) is 92.4 Å². The minimum absolute atomic E-state index is 0.0482. The van der Waals surface area contributed by atoms with Gasteiger partial charge in [-0.25, -0.2) is 18.2 Å². The number of nitrogen functional groups attached to an aromatic ring is 1. The fourth-order valence-electron chi connectivity index (χ4n) is 7.78. The maximum absolute atomic E-state index is 16.7. The molecule has 3 N–H and O–H groups in total. The predicted molar refractivity (Wildman–Crippen MR) is 163 cm³/mol. The monoisotopic (exact) mass is 629 g/mol. The van der Waals surface area contributed by atoms with Gasteiger partial charge in [-0.1, -0.05) is 22.9 Å². The van der Waals surface area contributed by atoms with Gasteiger partial charge in [-0.05, 0) is 68.9 Å². The highest BCUT2D eigenvalue weighted by atomic mass is 35.5. The van der Waals surface area contributed by atoms with E-state index in [4.69, 9.17) is 27.1 Å². The lowest BCUT2D eigenvalue weighted by Crippen LogP contribution is -2.43. The average Bonchev–Trinajstić information content (AvgIpc) is 3.76. The zero-order valence-electron chi connectivity index (χ0n) is 23.4. The third-order valence-electron chi connectivity index (χ3n) is 9.86. The lowest BCUT2D eigenvalue weighted by Gasteiger charge is -2.36. The van der Waals surface area contributed by atoms with Crippen molar-refractivity contribution in [3.63, 3.8) is 0 Å². The van der Waals surface area contributed by atoms with Crippen molar-refractivity contribution in [3.8, 4) is 17.1 Å². The number of nitrogens with one attached hydrogen (secondary N) is 1. The molecule has 226 valence electrons. The first-order chi connectivity index (χ1) is 20.8. The van der Waals surface area contributed by atoms with Gasteiger partial charge in [-0.3, -0.25) is 4.90 Å². The molecule has 2 aromatic carbocycles. The van der Waals surface area contributed by atoms with Gasteiger partial charge in [-0.2, -0.15) is 9.97 Å². The number of benzene rings is 2. The third kappa shape index (κ3) is 4.51. The maximum Gasteiger partial charge on any atom is 0.319 e. The Morgan fingerprint density at radius 3 is 2.86 bits per heavy atom. The van der Waals surface area contributed by atoms with Gasteiger partial charge < -0.3 is 20.7 Å². The number of nitrogens with zero attached hydrogens (tertiary/aromatic N) is 5. The normalized spacial score (nSPS) is 27.3. The standard InChI is InChI=1S/C30H31ClF3N7OS/c31-20-8-19-24(23(34)22(20)18-2-3-21(33)26-25(18)37-28(35)43-26)38-29(42-14-30-5-1-6-41(30)13-17(32)9-30)39-27(19)40-7-4-15-10-36-11-16(15)12-40/h2-3,8,15-17,36H,1,4-7,9-14H2,(H2,35,37)/t15?,16?,17-,30?/m1/s1. The minimum atomic E-state index is -0.896. The Morgan fingerprint density at radius 1 is 1.12 bits per heavy atom. The molecule has 0 amide bonds. The van der Waals surface area contributed by atoms with Crippen molar-refractivity contribution in [2.24, 2.45) is 11.8 Å². The van der Waals surface area contributed by atoms with E-state index in [1.807, 2.05) is 0 Å². The van der Waals surface area contributed by atoms with E-state index in [0.717, 1.165) is 63.3 Å². The first kappa shape index (κ1) is 27.6. The lowest BCUT2D eigenvalue weighted by molar-refractivity contribution is 0.107. The van der Waals surface area contributed by atoms with Crippen molar-refractivity contribution in [2.75, 3.05) is 56.5 Å². The van der Waals surface area contributed by atoms with Crippen LogP contribution in [0.5, 0.6) is 6.01 Å². The van der Waals surface area contributed by atoms with Crippen LogP contribution in [-0.4, -0.2) is 77.4 Å². The van der Waals surface area contributed by atoms with E-state index in [-0.39, 0.29) is 44.1 Å². The zero-order valence-corrected chi connectivity index (χ0v) is 25.0. The Morgan fingerprint density at radius 2 is 1.98 bits per heavy atom. The number of nitrogens with two attached hydrogens (primary N) is 1. The van der Waals surface area contributed by atoms with E-state index in [0.29, 0.717) is 41.6 Å². The molecule has 0 spiro atoms. The average molecular weight is 630 g/mol. The van der Waals surface area contributed by atoms with E-state index < -0.39 is 23.3 Å². The molecule has 4 aliphatic heterocycles. The van der Waals surface area contributed by atoms with Crippen molar-refractivity contribution >= 4 is 55.0 Å². The number of alkyl halides is 1. The first-order valence-electron chi connectivity index (χ1n) is 14.8. The van der Waals surface area contributed by atoms with Gasteiger partial charge in [0, 0.05) is 42.6 Å². The first-order valence-corrected chi connectivity index (χ1v) is 16.0. The molecule has 2 aromatic heterocycles. The summed E-state index contributed by atoms with van der Waals surface area (Å²) in [6, 6.07) is 4.46. The predicted octanol–water partition coefficient (Wildman–Crippen LogP) is 5.42. The van der Waals surface area contributed by atoms with Crippen LogP contribution in [0.25, 0.3) is 32.2 Å². The summed E-state index contributed by atoms with van der Waals surface area (Å²) in [6.45, 7) is 4.92. The fraction of sp³-hybridized carbons (Fsp3) is 0.500. The summed E-state index contributed by atoms with van der Waals surface area (Å²) in [5.74, 6) is 0.463. The molecule has 6 heterocycles. The number of ether oxygens (including phenoxy) is 1. The number of thiazole rings is 1. The van der Waals surface area contributed by atoms with Crippen molar-refractivity contribution in [2.45, 2.75) is 37.4 Å². The van der Waals surface area contributed by atoms with Crippen LogP contribution in [0.2, 0.25) is 5.02 Å². The maximum atomic E-state index is 16.7. The summed E-state index contributed by atoms with van der Waals surface area (Å²) in [4.78, 5) is 18.0. The highest BCUT2D eigenvalue weighted by molar-refractivity contribution is 7.22. The molecule has 0 saturated carbocycles. The largest absolute Gasteiger partial charge is 0.461 e. The van der Waals surface area contributed by atoms with Crippen molar-refractivity contribution < 1.29 is 17.9 Å². The Labute approximate surface area is 255 Å². The van der Waals surface area contributed by atoms with E-state index in [2.05, 4.69) is 25.1 Å². The van der Waals surface area contributed by atoms with Crippen LogP contribution in [0, 0.1) is 23.5 Å². The summed E-state index contributed by atoms with van der Waals surface area (Å²) in [7, 11) is 0. The molecular formula is C30H31ClF3N7OS. The second-order valence-corrected chi connectivity index (χ2v) is 13.8. The Hall–Kier alpha value is -2.93. The van der Waals surface area contributed by atoms with Gasteiger partial charge in [0.15, 0.2) is 10.9 Å². The highest BCUT2D eigenvalue weighted by Crippen LogP contribution is 2.44. The Kier molecular flexibility index (Phi) is 6.63. The summed E-state index contributed by atoms with van der Waals surface area (Å²) >= 11 is 7.80. The fourth-order valence-corrected chi connectivity index (χ4v) is 8.84. The van der Waals surface area contributed by atoms with E-state index >= 15 is 4.39 Å². The van der Waals surface area contributed by atoms with Crippen molar-refractivity contribution in [1.29, 1.82) is 0 Å². The number of rotatable bonds is 5. The van der Waals surface area contributed by atoms with Crippen LogP contribution >= 0.6 is 22.9 Å². The van der Waals surface area contributed by atoms with Crippen LogP contribution in [0.3, 0.4) is 0 Å². The Bertz CT molecular complexity index is 1760. The molecular weight excluding hydrogens is 599 g/mol. The molecule has 8 rings (SSSR count). The number of hydrogen-bond donors (Lipinski definition) is 2. The molecule has 4 saturated heterocycles. The molecule has 4 aliphatic rings. The lowest BCUT2D eigenvalue weighted by atomic mass is 9.88. The second-order valence-electron chi connectivity index (χ2n) is 12.4. The quantitative estimate of drug-likeness (QED) is 0.302. The molecule has 0 bridgehead atoms. The third-order valence-corrected chi connectivity index (χ3v) is 11.0. The second kappa shape index (κ2) is 10.3. The molecule has 3 unspecified atom stereocenters. The van der Waals surface area contributed by atoms with E-state index in [1.165, 1.54) is 12.1 Å². The van der Waals surface area contributed by atoms with Gasteiger partial charge in [0.1, 0.15) is 29.9 Å². The van der Waals surface area contributed by atoms with Gasteiger partial charge in [0.05, 0.1) is 20.8 Å². The van der Waals surface area contributed by atoms with Crippen LogP contribution in [0.15, 0.2) is 18.2 Å². The number of anilines is 2. The van der Waals surface area contributed by atoms with Crippen LogP contribution < -0.4 is 20.7 Å². The highest BCUT2D eigenvalue weighted by Gasteiger charge is 2.49. The summed E-state index contributed by atoms with van der Waals surface area (Å²) < 4.78 is 52.2. The molecule has 8 nitrogen and oxygen atoms in total. The van der Waals surface area contributed by atoms with E-state index in [1.54, 1.807) is 6.07 Å². The summed E-state index contributed by atoms with van der Waals surface area (Å²) in [6.07, 6.45) is 2.31. The zero-order chi connectivity index (χ0) is 29.5. The number of hydrogen-bond acceptors (Lipinski definition) is 9. The summed E-state index contributed by atoms with van der Waals surface area (Å²) in [5, 5.41) is 4.27. The smallest absolute Gasteiger partial charge is 0.319 e. The van der Waals surface area contributed by atoms with E-state index in [9.17, 15) is 8.78 Å². The molecule has 43 heavy (non-hydrogen) atoms. The van der Waals surface area contributed by atoms with Gasteiger partial charge in [0.25, 0.3) is 0 Å². The van der Waals surface area contributed by atoms with Crippen LogP contribution in [0.4, 0.5) is 24.1 Å². The SMILES string of the molecule is Nc1nc2c(-c3c(Cl)cc4c(N5CCC6CNCC6C5)nc(OCC56CCCN5C[C@H](F)C6)nc4c3F)ccc(F)c2s1. The van der Waals surface area contributed by atoms with Gasteiger partial charge in [0.2, 0.25) is 0 Å². The minimum Gasteiger partial charge on any atom is -0.461 e. The molecule has 13 heteroatoms. The molecule has 4 fully saturated rings. The van der Waals surface area contributed by atoms with Gasteiger partial charge >= 0.3 is 6.01 Å². The van der Waals surface area contributed by atoms with Crippen LogP contribution in [0.1, 0.15) is 25.7 Å². The molecule has 0 radical (unpaired) electrons. The van der Waals surface area contributed by atoms with Crippen molar-refractivity contribution in [3.05, 3.63) is 34.9 Å². The summed E-state index contributed by atoms with van der Waals surface area (Å²) in [5.41, 5.74) is 6.19. The molecule has 4 aromatic rings. The van der Waals surface area contributed by atoms with Crippen LogP contribution in [-0.2, 0) is 0 Å². The number of halogens is 4. The number of piperidine rings is 1. The number of aromatic nitrogens is 3. The van der Waals surface area contributed by atoms with Gasteiger partial charge in [-0.15, -0.1) is 0 Å². The molecule has 4 atom stereocenters. The number of fused-ring (bicyclic) bond motifs is 4. The van der Waals surface area contributed by atoms with Crippen molar-refractivity contribution in [1.82, 2.24) is 25.2 Å².